The van der Waals surface area contributed by atoms with Crippen molar-refractivity contribution >= 4 is 17.2 Å². The minimum absolute atomic E-state index is 0.198. The number of ether oxygens (including phenoxy) is 5. The van der Waals surface area contributed by atoms with Gasteiger partial charge < -0.3 is 23.7 Å². The topological polar surface area (TPSA) is 75.6 Å². The maximum absolute atomic E-state index is 13.4. The highest BCUT2D eigenvalue weighted by molar-refractivity contribution is 6.26. The standard InChI is InChI=1S/C23H27NO6/c1-6-28-17-10-9-14(11-18(17)27-5)21-23(30-8-3)22(25)20-16(24-21)12-15(26-4)13-19(20)29-7-2/h9-13,23H,6-8H2,1-5H3. The van der Waals surface area contributed by atoms with Crippen LogP contribution in [0.25, 0.3) is 0 Å². The van der Waals surface area contributed by atoms with Crippen molar-refractivity contribution in [3.05, 3.63) is 41.5 Å². The second-order valence-electron chi connectivity index (χ2n) is 6.45. The number of aliphatic imine (C=N–C) groups is 1. The summed E-state index contributed by atoms with van der Waals surface area (Å²) in [5.74, 6) is 1.99. The fourth-order valence-electron chi connectivity index (χ4n) is 3.38. The lowest BCUT2D eigenvalue weighted by Gasteiger charge is -2.26. The zero-order chi connectivity index (χ0) is 21.7. The molecule has 0 saturated carbocycles. The zero-order valence-electron chi connectivity index (χ0n) is 18.0. The Bertz CT molecular complexity index is 953. The molecule has 0 fully saturated rings. The van der Waals surface area contributed by atoms with Crippen LogP contribution in [-0.2, 0) is 4.74 Å². The maximum Gasteiger partial charge on any atom is 0.203 e. The SMILES string of the molecule is CCOc1ccc(C2=Nc3cc(OC)cc(OCC)c3C(=O)C2OCC)cc1OC. The van der Waals surface area contributed by atoms with E-state index in [0.29, 0.717) is 65.3 Å². The highest BCUT2D eigenvalue weighted by atomic mass is 16.5. The Morgan fingerprint density at radius 1 is 0.867 bits per heavy atom. The smallest absolute Gasteiger partial charge is 0.203 e. The number of hydrogen-bond donors (Lipinski definition) is 0. The minimum atomic E-state index is -0.849. The third-order valence-corrected chi connectivity index (χ3v) is 4.66. The summed E-state index contributed by atoms with van der Waals surface area (Å²) in [7, 11) is 3.14. The first-order valence-electron chi connectivity index (χ1n) is 9.98. The highest BCUT2D eigenvalue weighted by Crippen LogP contribution is 2.40. The van der Waals surface area contributed by atoms with Crippen molar-refractivity contribution in [2.45, 2.75) is 26.9 Å². The molecule has 0 saturated heterocycles. The van der Waals surface area contributed by atoms with Crippen molar-refractivity contribution in [1.29, 1.82) is 0 Å². The van der Waals surface area contributed by atoms with Gasteiger partial charge in [-0.05, 0) is 39.0 Å². The van der Waals surface area contributed by atoms with E-state index in [0.717, 1.165) is 0 Å². The van der Waals surface area contributed by atoms with Crippen LogP contribution in [0.4, 0.5) is 5.69 Å². The summed E-state index contributed by atoms with van der Waals surface area (Å²) in [5, 5.41) is 0. The van der Waals surface area contributed by atoms with Gasteiger partial charge >= 0.3 is 0 Å². The molecule has 30 heavy (non-hydrogen) atoms. The fraction of sp³-hybridized carbons (Fsp3) is 0.391. The van der Waals surface area contributed by atoms with Gasteiger partial charge in [-0.25, -0.2) is 4.99 Å². The number of benzene rings is 2. The number of methoxy groups -OCH3 is 2. The molecule has 0 amide bonds. The molecule has 1 unspecified atom stereocenters. The van der Waals surface area contributed by atoms with Gasteiger partial charge in [-0.1, -0.05) is 0 Å². The molecule has 2 aromatic rings. The van der Waals surface area contributed by atoms with Crippen LogP contribution in [0.15, 0.2) is 35.3 Å². The lowest BCUT2D eigenvalue weighted by molar-refractivity contribution is 0.0650. The summed E-state index contributed by atoms with van der Waals surface area (Å²) in [6.07, 6.45) is -0.849. The molecule has 0 radical (unpaired) electrons. The first kappa shape index (κ1) is 21.6. The third kappa shape index (κ3) is 4.11. The predicted octanol–water partition coefficient (Wildman–Crippen LogP) is 4.22. The number of carbonyl (C=O) groups is 1. The van der Waals surface area contributed by atoms with Gasteiger partial charge in [0.1, 0.15) is 11.5 Å². The molecule has 7 heteroatoms. The number of carbonyl (C=O) groups excluding carboxylic acids is 1. The number of fused-ring (bicyclic) bond motifs is 1. The largest absolute Gasteiger partial charge is 0.497 e. The van der Waals surface area contributed by atoms with E-state index in [1.54, 1.807) is 38.5 Å². The van der Waals surface area contributed by atoms with Crippen LogP contribution in [0.2, 0.25) is 0 Å². The minimum Gasteiger partial charge on any atom is -0.497 e. The van der Waals surface area contributed by atoms with Crippen LogP contribution in [0.5, 0.6) is 23.0 Å². The predicted molar refractivity (Wildman–Crippen MR) is 114 cm³/mol. The summed E-state index contributed by atoms with van der Waals surface area (Å²) in [6, 6.07) is 8.88. The lowest BCUT2D eigenvalue weighted by atomic mass is 9.92. The van der Waals surface area contributed by atoms with E-state index in [4.69, 9.17) is 28.7 Å². The molecule has 0 aromatic heterocycles. The lowest BCUT2D eigenvalue weighted by Crippen LogP contribution is -2.36. The average molecular weight is 413 g/mol. The van der Waals surface area contributed by atoms with Crippen molar-refractivity contribution < 1.29 is 28.5 Å². The van der Waals surface area contributed by atoms with Gasteiger partial charge in [0.05, 0.1) is 44.4 Å². The molecule has 1 aliphatic heterocycles. The Hall–Kier alpha value is -3.06. The Labute approximate surface area is 176 Å². The first-order chi connectivity index (χ1) is 14.6. The molecule has 1 heterocycles. The van der Waals surface area contributed by atoms with Gasteiger partial charge in [0.25, 0.3) is 0 Å². The molecule has 1 atom stereocenters. The Morgan fingerprint density at radius 3 is 2.23 bits per heavy atom. The molecular weight excluding hydrogens is 386 g/mol. The van der Waals surface area contributed by atoms with E-state index in [1.807, 2.05) is 26.8 Å². The van der Waals surface area contributed by atoms with Crippen molar-refractivity contribution in [1.82, 2.24) is 0 Å². The van der Waals surface area contributed by atoms with Crippen molar-refractivity contribution in [3.63, 3.8) is 0 Å². The van der Waals surface area contributed by atoms with E-state index >= 15 is 0 Å². The molecule has 0 aliphatic carbocycles. The van der Waals surface area contributed by atoms with Gasteiger partial charge in [-0.15, -0.1) is 0 Å². The van der Waals surface area contributed by atoms with Crippen LogP contribution in [0.3, 0.4) is 0 Å². The third-order valence-electron chi connectivity index (χ3n) is 4.66. The number of hydrogen-bond acceptors (Lipinski definition) is 7. The second-order valence-corrected chi connectivity index (χ2v) is 6.45. The van der Waals surface area contributed by atoms with Crippen LogP contribution in [0.1, 0.15) is 36.7 Å². The van der Waals surface area contributed by atoms with Crippen molar-refractivity contribution in [2.75, 3.05) is 34.0 Å². The van der Waals surface area contributed by atoms with E-state index in [1.165, 1.54) is 0 Å². The van der Waals surface area contributed by atoms with Crippen LogP contribution < -0.4 is 18.9 Å². The number of Topliss-reactive ketones (excluding diaryl/α,β-unsaturated/α-hetero) is 1. The summed E-state index contributed by atoms with van der Waals surface area (Å²) in [5.41, 5.74) is 2.11. The molecule has 2 aromatic carbocycles. The molecule has 0 bridgehead atoms. The van der Waals surface area contributed by atoms with E-state index < -0.39 is 6.10 Å². The van der Waals surface area contributed by atoms with Crippen LogP contribution >= 0.6 is 0 Å². The van der Waals surface area contributed by atoms with Crippen molar-refractivity contribution in [3.8, 4) is 23.0 Å². The molecule has 3 rings (SSSR count). The number of rotatable bonds is 9. The van der Waals surface area contributed by atoms with Crippen LogP contribution in [-0.4, -0.2) is 51.6 Å². The zero-order valence-corrected chi connectivity index (χ0v) is 18.0. The molecule has 0 spiro atoms. The molecule has 7 nitrogen and oxygen atoms in total. The van der Waals surface area contributed by atoms with Gasteiger partial charge in [-0.3, -0.25) is 4.79 Å². The monoisotopic (exact) mass is 413 g/mol. The number of ketones is 1. The quantitative estimate of drug-likeness (QED) is 0.613. The van der Waals surface area contributed by atoms with Gasteiger partial charge in [0, 0.05) is 24.3 Å². The Balaban J connectivity index is 2.18. The number of nitrogens with zero attached hydrogens (tertiary/aromatic N) is 1. The molecular formula is C23H27NO6. The molecule has 1 aliphatic rings. The van der Waals surface area contributed by atoms with Crippen LogP contribution in [0, 0.1) is 0 Å². The summed E-state index contributed by atoms with van der Waals surface area (Å²) < 4.78 is 28.0. The second kappa shape index (κ2) is 9.63. The van der Waals surface area contributed by atoms with E-state index in [2.05, 4.69) is 0 Å². The summed E-state index contributed by atoms with van der Waals surface area (Å²) in [4.78, 5) is 18.2. The Morgan fingerprint density at radius 2 is 1.60 bits per heavy atom. The summed E-state index contributed by atoms with van der Waals surface area (Å²) >= 11 is 0. The highest BCUT2D eigenvalue weighted by Gasteiger charge is 2.36. The van der Waals surface area contributed by atoms with Gasteiger partial charge in [0.15, 0.2) is 17.6 Å². The van der Waals surface area contributed by atoms with Gasteiger partial charge in [-0.2, -0.15) is 0 Å². The maximum atomic E-state index is 13.4. The fourth-order valence-corrected chi connectivity index (χ4v) is 3.38. The van der Waals surface area contributed by atoms with E-state index in [-0.39, 0.29) is 5.78 Å². The van der Waals surface area contributed by atoms with Gasteiger partial charge in [0.2, 0.25) is 5.78 Å². The summed E-state index contributed by atoms with van der Waals surface area (Å²) in [6.45, 7) is 6.90. The van der Waals surface area contributed by atoms with E-state index in [9.17, 15) is 4.79 Å². The Kier molecular flexibility index (Phi) is 6.95. The molecule has 160 valence electrons. The van der Waals surface area contributed by atoms with Crippen molar-refractivity contribution in [2.24, 2.45) is 4.99 Å². The normalized spacial score (nSPS) is 15.3. The first-order valence-corrected chi connectivity index (χ1v) is 9.98. The molecule has 0 N–H and O–H groups in total. The average Bonchev–Trinajstić information content (AvgIpc) is 2.76.